The molecule has 0 unspecified atom stereocenters. The zero-order valence-electron chi connectivity index (χ0n) is 11.7. The summed E-state index contributed by atoms with van der Waals surface area (Å²) in [6.07, 6.45) is 2.10. The van der Waals surface area contributed by atoms with Crippen molar-refractivity contribution >= 4 is 17.8 Å². The van der Waals surface area contributed by atoms with E-state index < -0.39 is 23.5 Å². The molecule has 1 saturated heterocycles. The predicted octanol–water partition coefficient (Wildman–Crippen LogP) is -0.502. The molecule has 0 aromatic carbocycles. The molecule has 112 valence electrons. The SMILES string of the molecule is COC(=O)[C@@H]1Cc2[nH]cnc2[C@@]2(C(=O)OC)CCC(=O)N12. The van der Waals surface area contributed by atoms with Gasteiger partial charge in [0.15, 0.2) is 5.54 Å². The van der Waals surface area contributed by atoms with Gasteiger partial charge in [0, 0.05) is 18.5 Å². The third kappa shape index (κ3) is 1.61. The van der Waals surface area contributed by atoms with E-state index >= 15 is 0 Å². The minimum absolute atomic E-state index is 0.162. The van der Waals surface area contributed by atoms with Gasteiger partial charge in [-0.1, -0.05) is 0 Å². The van der Waals surface area contributed by atoms with Crippen molar-refractivity contribution in [1.82, 2.24) is 14.9 Å². The fourth-order valence-electron chi connectivity index (χ4n) is 3.32. The minimum Gasteiger partial charge on any atom is -0.467 e. The van der Waals surface area contributed by atoms with E-state index in [0.717, 1.165) is 0 Å². The molecule has 3 rings (SSSR count). The highest BCUT2D eigenvalue weighted by Crippen LogP contribution is 2.46. The molecule has 2 aliphatic rings. The monoisotopic (exact) mass is 293 g/mol. The number of nitrogens with zero attached hydrogens (tertiary/aromatic N) is 2. The summed E-state index contributed by atoms with van der Waals surface area (Å²) in [5, 5.41) is 0. The van der Waals surface area contributed by atoms with Crippen molar-refractivity contribution in [2.75, 3.05) is 14.2 Å². The van der Waals surface area contributed by atoms with Crippen molar-refractivity contribution in [2.45, 2.75) is 30.8 Å². The van der Waals surface area contributed by atoms with Crippen LogP contribution in [0.2, 0.25) is 0 Å². The quantitative estimate of drug-likeness (QED) is 0.737. The summed E-state index contributed by atoms with van der Waals surface area (Å²) in [4.78, 5) is 45.1. The average molecular weight is 293 g/mol. The maximum absolute atomic E-state index is 12.4. The number of H-pyrrole nitrogens is 1. The first-order valence-corrected chi connectivity index (χ1v) is 6.57. The molecule has 2 atom stereocenters. The number of aromatic amines is 1. The Hall–Kier alpha value is -2.38. The number of ether oxygens (including phenoxy) is 2. The van der Waals surface area contributed by atoms with Gasteiger partial charge in [0.25, 0.3) is 0 Å². The molecule has 21 heavy (non-hydrogen) atoms. The molecular weight excluding hydrogens is 278 g/mol. The number of carbonyl (C=O) groups is 3. The zero-order valence-corrected chi connectivity index (χ0v) is 11.7. The Morgan fingerprint density at radius 3 is 2.86 bits per heavy atom. The summed E-state index contributed by atoms with van der Waals surface area (Å²) in [5.74, 6) is -1.42. The van der Waals surface area contributed by atoms with Crippen molar-refractivity contribution in [3.8, 4) is 0 Å². The molecule has 0 saturated carbocycles. The van der Waals surface area contributed by atoms with Crippen LogP contribution >= 0.6 is 0 Å². The van der Waals surface area contributed by atoms with Crippen molar-refractivity contribution in [3.63, 3.8) is 0 Å². The van der Waals surface area contributed by atoms with Gasteiger partial charge in [-0.05, 0) is 6.42 Å². The second kappa shape index (κ2) is 4.57. The van der Waals surface area contributed by atoms with E-state index in [2.05, 4.69) is 9.97 Å². The van der Waals surface area contributed by atoms with E-state index in [-0.39, 0.29) is 25.2 Å². The highest BCUT2D eigenvalue weighted by Gasteiger charge is 2.62. The highest BCUT2D eigenvalue weighted by molar-refractivity contribution is 5.96. The lowest BCUT2D eigenvalue weighted by Gasteiger charge is -2.42. The predicted molar refractivity (Wildman–Crippen MR) is 67.9 cm³/mol. The second-order valence-corrected chi connectivity index (χ2v) is 5.09. The maximum atomic E-state index is 12.4. The standard InChI is InChI=1S/C13H15N3O5/c1-20-11(18)8-5-7-10(15-6-14-7)13(12(19)21-2)4-3-9(17)16(8)13/h6,8H,3-5H2,1-2H3,(H,14,15)/t8-,13+/m0/s1. The first-order chi connectivity index (χ1) is 10.1. The Morgan fingerprint density at radius 1 is 1.43 bits per heavy atom. The molecule has 1 amide bonds. The number of carbonyl (C=O) groups excluding carboxylic acids is 3. The van der Waals surface area contributed by atoms with Gasteiger partial charge in [0.1, 0.15) is 6.04 Å². The Bertz CT molecular complexity index is 625. The molecule has 8 heteroatoms. The number of amides is 1. The average Bonchev–Trinajstić information content (AvgIpc) is 3.10. The highest BCUT2D eigenvalue weighted by atomic mass is 16.5. The third-order valence-corrected chi connectivity index (χ3v) is 4.20. The zero-order chi connectivity index (χ0) is 15.2. The van der Waals surface area contributed by atoms with Gasteiger partial charge in [-0.3, -0.25) is 4.79 Å². The number of rotatable bonds is 2. The fraction of sp³-hybridized carbons (Fsp3) is 0.538. The van der Waals surface area contributed by atoms with E-state index in [1.54, 1.807) is 0 Å². The summed E-state index contributed by atoms with van der Waals surface area (Å²) in [6, 6.07) is -0.850. The van der Waals surface area contributed by atoms with Crippen LogP contribution in [-0.2, 0) is 35.8 Å². The Labute approximate surface area is 120 Å². The van der Waals surface area contributed by atoms with Gasteiger partial charge >= 0.3 is 11.9 Å². The molecular formula is C13H15N3O5. The molecule has 0 spiro atoms. The smallest absolute Gasteiger partial charge is 0.338 e. The van der Waals surface area contributed by atoms with Gasteiger partial charge < -0.3 is 19.4 Å². The molecule has 1 N–H and O–H groups in total. The number of fused-ring (bicyclic) bond motifs is 3. The third-order valence-electron chi connectivity index (χ3n) is 4.20. The van der Waals surface area contributed by atoms with Crippen LogP contribution < -0.4 is 0 Å². The summed E-state index contributed by atoms with van der Waals surface area (Å²) >= 11 is 0. The van der Waals surface area contributed by atoms with Crippen molar-refractivity contribution in [1.29, 1.82) is 0 Å². The van der Waals surface area contributed by atoms with E-state index in [9.17, 15) is 14.4 Å². The van der Waals surface area contributed by atoms with Crippen LogP contribution in [0.1, 0.15) is 24.2 Å². The largest absolute Gasteiger partial charge is 0.467 e. The number of nitrogens with one attached hydrogen (secondary N) is 1. The summed E-state index contributed by atoms with van der Waals surface area (Å²) in [5.41, 5.74) is -0.222. The van der Waals surface area contributed by atoms with Crippen molar-refractivity contribution in [3.05, 3.63) is 17.7 Å². The number of imidazole rings is 1. The van der Waals surface area contributed by atoms with Crippen LogP contribution in [0.25, 0.3) is 0 Å². The summed E-state index contributed by atoms with van der Waals surface area (Å²) in [7, 11) is 2.51. The van der Waals surface area contributed by atoms with Gasteiger partial charge in [0.2, 0.25) is 5.91 Å². The minimum atomic E-state index is -1.34. The number of hydrogen-bond acceptors (Lipinski definition) is 6. The lowest BCUT2D eigenvalue weighted by Crippen LogP contribution is -2.60. The van der Waals surface area contributed by atoms with Gasteiger partial charge in [-0.2, -0.15) is 0 Å². The molecule has 0 bridgehead atoms. The number of hydrogen-bond donors (Lipinski definition) is 1. The molecule has 1 aromatic rings. The second-order valence-electron chi connectivity index (χ2n) is 5.09. The van der Waals surface area contributed by atoms with Gasteiger partial charge in [-0.25, -0.2) is 14.6 Å². The summed E-state index contributed by atoms with van der Waals surface area (Å²) < 4.78 is 9.67. The molecule has 3 heterocycles. The lowest BCUT2D eigenvalue weighted by molar-refractivity contribution is -0.168. The Kier molecular flexibility index (Phi) is 2.96. The van der Waals surface area contributed by atoms with Gasteiger partial charge in [0.05, 0.1) is 26.2 Å². The molecule has 1 aromatic heterocycles. The molecule has 1 fully saturated rings. The molecule has 8 nitrogen and oxygen atoms in total. The first kappa shape index (κ1) is 13.6. The molecule has 0 aliphatic carbocycles. The van der Waals surface area contributed by atoms with E-state index in [4.69, 9.17) is 9.47 Å². The Balaban J connectivity index is 2.20. The normalized spacial score (nSPS) is 27.0. The first-order valence-electron chi connectivity index (χ1n) is 6.57. The number of aromatic nitrogens is 2. The van der Waals surface area contributed by atoms with Crippen LogP contribution in [0.3, 0.4) is 0 Å². The van der Waals surface area contributed by atoms with Crippen molar-refractivity contribution < 1.29 is 23.9 Å². The van der Waals surface area contributed by atoms with Crippen LogP contribution in [0.5, 0.6) is 0 Å². The van der Waals surface area contributed by atoms with E-state index in [1.165, 1.54) is 25.4 Å². The van der Waals surface area contributed by atoms with Gasteiger partial charge in [-0.15, -0.1) is 0 Å². The van der Waals surface area contributed by atoms with E-state index in [0.29, 0.717) is 11.4 Å². The Morgan fingerprint density at radius 2 is 2.19 bits per heavy atom. The molecule has 0 radical (unpaired) electrons. The van der Waals surface area contributed by atoms with Crippen LogP contribution in [0.4, 0.5) is 0 Å². The molecule has 2 aliphatic heterocycles. The van der Waals surface area contributed by atoms with Crippen LogP contribution in [0.15, 0.2) is 6.33 Å². The number of methoxy groups -OCH3 is 2. The topological polar surface area (TPSA) is 102 Å². The van der Waals surface area contributed by atoms with Crippen LogP contribution in [0, 0.1) is 0 Å². The summed E-state index contributed by atoms with van der Waals surface area (Å²) in [6.45, 7) is 0. The van der Waals surface area contributed by atoms with E-state index in [1.807, 2.05) is 0 Å². The fourth-order valence-corrected chi connectivity index (χ4v) is 3.32. The maximum Gasteiger partial charge on any atom is 0.338 e. The van der Waals surface area contributed by atoms with Crippen molar-refractivity contribution in [2.24, 2.45) is 0 Å². The lowest BCUT2D eigenvalue weighted by atomic mass is 9.84. The number of esters is 2. The van der Waals surface area contributed by atoms with Crippen LogP contribution in [-0.4, -0.2) is 53.0 Å².